The van der Waals surface area contributed by atoms with Gasteiger partial charge in [0.25, 0.3) is 0 Å². The highest BCUT2D eigenvalue weighted by Gasteiger charge is 2.27. The molecule has 1 heterocycles. The van der Waals surface area contributed by atoms with Crippen molar-refractivity contribution in [1.82, 2.24) is 10.2 Å². The van der Waals surface area contributed by atoms with E-state index in [1.54, 1.807) is 13.8 Å². The molecule has 5 heteroatoms. The van der Waals surface area contributed by atoms with Crippen molar-refractivity contribution in [3.63, 3.8) is 0 Å². The van der Waals surface area contributed by atoms with Gasteiger partial charge >= 0.3 is 6.03 Å². The van der Waals surface area contributed by atoms with Gasteiger partial charge in [0.1, 0.15) is 6.54 Å². The van der Waals surface area contributed by atoms with Crippen molar-refractivity contribution in [1.29, 1.82) is 0 Å². The third-order valence-electron chi connectivity index (χ3n) is 1.86. The molecule has 1 fully saturated rings. The maximum atomic E-state index is 11.0. The zero-order valence-corrected chi connectivity index (χ0v) is 7.83. The fourth-order valence-corrected chi connectivity index (χ4v) is 1.07. The molecule has 0 aromatic rings. The molecule has 1 saturated heterocycles. The highest BCUT2D eigenvalue weighted by atomic mass is 16.3. The van der Waals surface area contributed by atoms with E-state index in [0.29, 0.717) is 13.0 Å². The Morgan fingerprint density at radius 1 is 1.54 bits per heavy atom. The number of hydrogen-bond acceptors (Lipinski definition) is 3. The lowest BCUT2D eigenvalue weighted by Gasteiger charge is -2.20. The maximum Gasteiger partial charge on any atom is 0.324 e. The summed E-state index contributed by atoms with van der Waals surface area (Å²) in [5.74, 6) is -0.277. The fourth-order valence-electron chi connectivity index (χ4n) is 1.07. The number of carbonyl (C=O) groups excluding carboxylic acids is 2. The summed E-state index contributed by atoms with van der Waals surface area (Å²) in [6.07, 6.45) is 0.466. The molecule has 0 saturated carbocycles. The molecule has 0 aromatic carbocycles. The number of amides is 3. The molecule has 5 nitrogen and oxygen atoms in total. The molecular formula is C8H14N2O3. The molecule has 0 bridgehead atoms. The van der Waals surface area contributed by atoms with Crippen LogP contribution in [0.25, 0.3) is 0 Å². The minimum absolute atomic E-state index is 0.106. The van der Waals surface area contributed by atoms with E-state index < -0.39 is 5.60 Å². The second-order valence-corrected chi connectivity index (χ2v) is 3.84. The third kappa shape index (κ3) is 3.02. The molecule has 0 atom stereocenters. The largest absolute Gasteiger partial charge is 0.390 e. The van der Waals surface area contributed by atoms with Crippen LogP contribution in [-0.4, -0.2) is 40.6 Å². The van der Waals surface area contributed by atoms with Crippen molar-refractivity contribution in [2.24, 2.45) is 0 Å². The first-order chi connectivity index (χ1) is 5.88. The molecular weight excluding hydrogens is 172 g/mol. The quantitative estimate of drug-likeness (QED) is 0.594. The second-order valence-electron chi connectivity index (χ2n) is 3.84. The Balaban J connectivity index is 2.38. The van der Waals surface area contributed by atoms with E-state index in [-0.39, 0.29) is 18.5 Å². The van der Waals surface area contributed by atoms with E-state index in [9.17, 15) is 14.7 Å². The topological polar surface area (TPSA) is 69.6 Å². The van der Waals surface area contributed by atoms with Crippen LogP contribution < -0.4 is 5.32 Å². The monoisotopic (exact) mass is 186 g/mol. The van der Waals surface area contributed by atoms with Gasteiger partial charge < -0.3 is 10.0 Å². The Morgan fingerprint density at radius 2 is 2.15 bits per heavy atom. The van der Waals surface area contributed by atoms with E-state index in [4.69, 9.17) is 0 Å². The van der Waals surface area contributed by atoms with Gasteiger partial charge in [0.2, 0.25) is 5.91 Å². The zero-order valence-electron chi connectivity index (χ0n) is 7.83. The van der Waals surface area contributed by atoms with Crippen molar-refractivity contribution in [3.05, 3.63) is 0 Å². The molecule has 3 amide bonds. The molecule has 1 aliphatic rings. The van der Waals surface area contributed by atoms with Gasteiger partial charge in [-0.2, -0.15) is 0 Å². The van der Waals surface area contributed by atoms with Crippen molar-refractivity contribution in [2.75, 3.05) is 13.1 Å². The lowest BCUT2D eigenvalue weighted by atomic mass is 10.1. The van der Waals surface area contributed by atoms with Crippen molar-refractivity contribution in [2.45, 2.75) is 25.9 Å². The fraction of sp³-hybridized carbons (Fsp3) is 0.750. The molecule has 1 aliphatic heterocycles. The molecule has 0 spiro atoms. The van der Waals surface area contributed by atoms with Crippen LogP contribution in [0.15, 0.2) is 0 Å². The number of rotatable bonds is 3. The Morgan fingerprint density at radius 3 is 2.54 bits per heavy atom. The lowest BCUT2D eigenvalue weighted by Crippen LogP contribution is -2.33. The van der Waals surface area contributed by atoms with Gasteiger partial charge in [-0.1, -0.05) is 0 Å². The first kappa shape index (κ1) is 9.98. The number of hydrogen-bond donors (Lipinski definition) is 2. The predicted molar refractivity (Wildman–Crippen MR) is 46.0 cm³/mol. The van der Waals surface area contributed by atoms with Crippen molar-refractivity contribution >= 4 is 11.9 Å². The molecule has 0 aliphatic carbocycles. The van der Waals surface area contributed by atoms with Crippen LogP contribution in [0.1, 0.15) is 20.3 Å². The van der Waals surface area contributed by atoms with Crippen LogP contribution in [0.2, 0.25) is 0 Å². The van der Waals surface area contributed by atoms with Crippen LogP contribution in [0.3, 0.4) is 0 Å². The normalized spacial score (nSPS) is 17.9. The standard InChI is InChI=1S/C8H14N2O3/c1-8(2,13)3-4-10-5-6(11)9-7(10)12/h13H,3-5H2,1-2H3,(H,9,11,12). The van der Waals surface area contributed by atoms with Gasteiger partial charge in [-0.25, -0.2) is 4.79 Å². The summed E-state index contributed by atoms with van der Waals surface area (Å²) in [5.41, 5.74) is -0.800. The summed E-state index contributed by atoms with van der Waals surface area (Å²) in [6, 6.07) is -0.366. The smallest absolute Gasteiger partial charge is 0.324 e. The first-order valence-electron chi connectivity index (χ1n) is 4.20. The van der Waals surface area contributed by atoms with E-state index in [0.717, 1.165) is 0 Å². The minimum atomic E-state index is -0.800. The van der Waals surface area contributed by atoms with E-state index in [1.807, 2.05) is 0 Å². The summed E-state index contributed by atoms with van der Waals surface area (Å²) < 4.78 is 0. The molecule has 0 unspecified atom stereocenters. The Hall–Kier alpha value is -1.10. The van der Waals surface area contributed by atoms with Crippen LogP contribution in [0.4, 0.5) is 4.79 Å². The van der Waals surface area contributed by atoms with Crippen LogP contribution in [-0.2, 0) is 4.79 Å². The highest BCUT2D eigenvalue weighted by Crippen LogP contribution is 2.09. The Bertz CT molecular complexity index is 232. The SMILES string of the molecule is CC(C)(O)CCN1CC(=O)NC1=O. The number of nitrogens with zero attached hydrogens (tertiary/aromatic N) is 1. The van der Waals surface area contributed by atoms with E-state index >= 15 is 0 Å². The lowest BCUT2D eigenvalue weighted by molar-refractivity contribution is -0.118. The maximum absolute atomic E-state index is 11.0. The molecule has 1 rings (SSSR count). The summed E-state index contributed by atoms with van der Waals surface area (Å²) in [5, 5.41) is 11.6. The van der Waals surface area contributed by atoms with Gasteiger partial charge in [0.15, 0.2) is 0 Å². The second kappa shape index (κ2) is 3.33. The predicted octanol–water partition coefficient (Wildman–Crippen LogP) is -0.301. The summed E-state index contributed by atoms with van der Waals surface area (Å²) in [6.45, 7) is 3.85. The molecule has 13 heavy (non-hydrogen) atoms. The van der Waals surface area contributed by atoms with Gasteiger partial charge in [-0.3, -0.25) is 10.1 Å². The summed E-state index contributed by atoms with van der Waals surface area (Å²) >= 11 is 0. The summed E-state index contributed by atoms with van der Waals surface area (Å²) in [7, 11) is 0. The number of nitrogens with one attached hydrogen (secondary N) is 1. The number of imide groups is 1. The van der Waals surface area contributed by atoms with Crippen LogP contribution in [0, 0.1) is 0 Å². The van der Waals surface area contributed by atoms with Crippen LogP contribution in [0.5, 0.6) is 0 Å². The Labute approximate surface area is 76.7 Å². The number of carbonyl (C=O) groups is 2. The van der Waals surface area contributed by atoms with Gasteiger partial charge in [-0.05, 0) is 20.3 Å². The van der Waals surface area contributed by atoms with E-state index in [2.05, 4.69) is 5.32 Å². The van der Waals surface area contributed by atoms with Crippen molar-refractivity contribution < 1.29 is 14.7 Å². The molecule has 2 N–H and O–H groups in total. The minimum Gasteiger partial charge on any atom is -0.390 e. The molecule has 74 valence electrons. The third-order valence-corrected chi connectivity index (χ3v) is 1.86. The highest BCUT2D eigenvalue weighted by molar-refractivity contribution is 6.01. The summed E-state index contributed by atoms with van der Waals surface area (Å²) in [4.78, 5) is 23.2. The molecule has 0 aromatic heterocycles. The van der Waals surface area contributed by atoms with Gasteiger partial charge in [0, 0.05) is 6.54 Å². The first-order valence-corrected chi connectivity index (χ1v) is 4.20. The number of urea groups is 1. The van der Waals surface area contributed by atoms with E-state index in [1.165, 1.54) is 4.90 Å². The zero-order chi connectivity index (χ0) is 10.1. The average molecular weight is 186 g/mol. The molecule has 0 radical (unpaired) electrons. The van der Waals surface area contributed by atoms with Gasteiger partial charge in [0.05, 0.1) is 5.60 Å². The average Bonchev–Trinajstić information content (AvgIpc) is 2.24. The number of aliphatic hydroxyl groups is 1. The van der Waals surface area contributed by atoms with Crippen molar-refractivity contribution in [3.8, 4) is 0 Å². The van der Waals surface area contributed by atoms with Crippen LogP contribution >= 0.6 is 0 Å². The van der Waals surface area contributed by atoms with Gasteiger partial charge in [-0.15, -0.1) is 0 Å². The Kier molecular flexibility index (Phi) is 2.56.